The van der Waals surface area contributed by atoms with Crippen molar-refractivity contribution in [1.29, 1.82) is 0 Å². The molecule has 0 radical (unpaired) electrons. The van der Waals surface area contributed by atoms with E-state index < -0.39 is 5.97 Å². The van der Waals surface area contributed by atoms with Gasteiger partial charge in [-0.1, -0.05) is 6.92 Å². The highest BCUT2D eigenvalue weighted by atomic mass is 16.4. The van der Waals surface area contributed by atoms with Crippen molar-refractivity contribution in [1.82, 2.24) is 9.78 Å². The zero-order valence-corrected chi connectivity index (χ0v) is 11.6. The summed E-state index contributed by atoms with van der Waals surface area (Å²) in [6.07, 6.45) is 0.0674. The van der Waals surface area contributed by atoms with Crippen molar-refractivity contribution in [2.45, 2.75) is 33.1 Å². The molecule has 1 N–H and O–H groups in total. The minimum Gasteiger partial charge on any atom is -0.481 e. The Labute approximate surface area is 111 Å². The molecule has 0 aliphatic heterocycles. The van der Waals surface area contributed by atoms with Gasteiger partial charge in [0.2, 0.25) is 0 Å². The largest absolute Gasteiger partial charge is 0.481 e. The van der Waals surface area contributed by atoms with Gasteiger partial charge in [0, 0.05) is 18.7 Å². The molecule has 1 atom stereocenters. The number of hydrogen-bond acceptors (Lipinski definition) is 3. The van der Waals surface area contributed by atoms with E-state index >= 15 is 0 Å². The highest BCUT2D eigenvalue weighted by Gasteiger charge is 2.18. The number of carboxylic acid groups (broad SMARTS) is 1. The van der Waals surface area contributed by atoms with Gasteiger partial charge in [0.25, 0.3) is 0 Å². The van der Waals surface area contributed by atoms with Crippen LogP contribution in [0, 0.1) is 13.8 Å². The Morgan fingerprint density at radius 3 is 2.68 bits per heavy atom. The van der Waals surface area contributed by atoms with Crippen LogP contribution in [0.15, 0.2) is 16.5 Å². The predicted molar refractivity (Wildman–Crippen MR) is 71.1 cm³/mol. The number of nitrogens with zero attached hydrogens (tertiary/aromatic N) is 2. The summed E-state index contributed by atoms with van der Waals surface area (Å²) in [5.74, 6) is 0.484. The monoisotopic (exact) mass is 262 g/mol. The van der Waals surface area contributed by atoms with Crippen LogP contribution in [0.25, 0.3) is 11.3 Å². The molecule has 0 fully saturated rings. The maximum atomic E-state index is 10.7. The first kappa shape index (κ1) is 13.4. The van der Waals surface area contributed by atoms with Crippen molar-refractivity contribution in [3.8, 4) is 11.3 Å². The number of hydrogen-bond donors (Lipinski definition) is 1. The molecule has 2 aromatic rings. The maximum Gasteiger partial charge on any atom is 0.304 e. The lowest BCUT2D eigenvalue weighted by Crippen LogP contribution is -2.01. The number of carbonyl (C=O) groups is 1. The first-order chi connectivity index (χ1) is 8.90. The Hall–Kier alpha value is -2.04. The van der Waals surface area contributed by atoms with Gasteiger partial charge in [0.15, 0.2) is 0 Å². The molecule has 0 aromatic carbocycles. The molecule has 2 heterocycles. The Morgan fingerprint density at radius 1 is 1.47 bits per heavy atom. The molecule has 0 saturated carbocycles. The third-order valence-electron chi connectivity index (χ3n) is 3.35. The molecule has 0 aliphatic rings. The number of rotatable bonds is 4. The summed E-state index contributed by atoms with van der Waals surface area (Å²) in [5.41, 5.74) is 2.92. The van der Waals surface area contributed by atoms with Crippen molar-refractivity contribution >= 4 is 5.97 Å². The van der Waals surface area contributed by atoms with Gasteiger partial charge in [0.05, 0.1) is 17.7 Å². The van der Waals surface area contributed by atoms with Gasteiger partial charge in [0.1, 0.15) is 11.5 Å². The molecular formula is C14H18N2O3. The lowest BCUT2D eigenvalue weighted by Gasteiger charge is -2.04. The summed E-state index contributed by atoms with van der Waals surface area (Å²) < 4.78 is 7.60. The average Bonchev–Trinajstić information content (AvgIpc) is 2.85. The third kappa shape index (κ3) is 2.54. The molecule has 0 bridgehead atoms. The standard InChI is InChI=1S/C14H18N2O3/c1-8(7-13(17)18)11-5-6-12(19-11)14-9(2)15-16(4)10(14)3/h5-6,8H,7H2,1-4H3,(H,17,18). The van der Waals surface area contributed by atoms with Crippen molar-refractivity contribution in [2.75, 3.05) is 0 Å². The Morgan fingerprint density at radius 2 is 2.16 bits per heavy atom. The topological polar surface area (TPSA) is 68.3 Å². The van der Waals surface area contributed by atoms with Gasteiger partial charge in [-0.15, -0.1) is 0 Å². The van der Waals surface area contributed by atoms with Gasteiger partial charge >= 0.3 is 5.97 Å². The molecule has 19 heavy (non-hydrogen) atoms. The van der Waals surface area contributed by atoms with Crippen LogP contribution >= 0.6 is 0 Å². The second-order valence-electron chi connectivity index (χ2n) is 4.87. The normalized spacial score (nSPS) is 12.6. The lowest BCUT2D eigenvalue weighted by molar-refractivity contribution is -0.137. The van der Waals surface area contributed by atoms with Crippen LogP contribution in [0.3, 0.4) is 0 Å². The highest BCUT2D eigenvalue weighted by Crippen LogP contribution is 2.31. The van der Waals surface area contributed by atoms with E-state index in [1.54, 1.807) is 0 Å². The molecule has 2 aromatic heterocycles. The van der Waals surface area contributed by atoms with Crippen LogP contribution in [0.4, 0.5) is 0 Å². The molecule has 5 heteroatoms. The summed E-state index contributed by atoms with van der Waals surface area (Å²) in [5, 5.41) is 13.2. The van der Waals surface area contributed by atoms with Crippen LogP contribution in [0.1, 0.15) is 36.4 Å². The van der Waals surface area contributed by atoms with Gasteiger partial charge in [-0.25, -0.2) is 0 Å². The molecule has 0 spiro atoms. The molecule has 0 saturated heterocycles. The lowest BCUT2D eigenvalue weighted by atomic mass is 10.1. The minimum absolute atomic E-state index is 0.0674. The number of aromatic nitrogens is 2. The van der Waals surface area contributed by atoms with E-state index in [9.17, 15) is 4.79 Å². The van der Waals surface area contributed by atoms with E-state index in [4.69, 9.17) is 9.52 Å². The first-order valence-electron chi connectivity index (χ1n) is 6.22. The van der Waals surface area contributed by atoms with Gasteiger partial charge in [-0.05, 0) is 26.0 Å². The van der Waals surface area contributed by atoms with Crippen molar-refractivity contribution < 1.29 is 14.3 Å². The molecule has 0 amide bonds. The van der Waals surface area contributed by atoms with E-state index in [-0.39, 0.29) is 12.3 Å². The summed E-state index contributed by atoms with van der Waals surface area (Å²) in [4.78, 5) is 10.7. The SMILES string of the molecule is Cc1nn(C)c(C)c1-c1ccc(C(C)CC(=O)O)o1. The highest BCUT2D eigenvalue weighted by molar-refractivity contribution is 5.68. The number of aryl methyl sites for hydroxylation is 2. The molecule has 0 aliphatic carbocycles. The molecular weight excluding hydrogens is 244 g/mol. The summed E-state index contributed by atoms with van der Waals surface area (Å²) in [6, 6.07) is 3.72. The van der Waals surface area contributed by atoms with Gasteiger partial charge < -0.3 is 9.52 Å². The third-order valence-corrected chi connectivity index (χ3v) is 3.35. The quantitative estimate of drug-likeness (QED) is 0.919. The molecule has 102 valence electrons. The van der Waals surface area contributed by atoms with Crippen molar-refractivity contribution in [3.05, 3.63) is 29.3 Å². The summed E-state index contributed by atoms with van der Waals surface area (Å²) in [7, 11) is 1.89. The van der Waals surface area contributed by atoms with Crippen molar-refractivity contribution in [3.63, 3.8) is 0 Å². The second-order valence-corrected chi connectivity index (χ2v) is 4.87. The summed E-state index contributed by atoms with van der Waals surface area (Å²) in [6.45, 7) is 5.77. The van der Waals surface area contributed by atoms with E-state index in [1.807, 2.05) is 44.6 Å². The Bertz CT molecular complexity index is 610. The van der Waals surface area contributed by atoms with E-state index in [2.05, 4.69) is 5.10 Å². The fraction of sp³-hybridized carbons (Fsp3) is 0.429. The fourth-order valence-corrected chi connectivity index (χ4v) is 2.24. The van der Waals surface area contributed by atoms with Gasteiger partial charge in [-0.3, -0.25) is 9.48 Å². The number of furan rings is 1. The summed E-state index contributed by atoms with van der Waals surface area (Å²) >= 11 is 0. The second kappa shape index (κ2) is 4.91. The smallest absolute Gasteiger partial charge is 0.304 e. The van der Waals surface area contributed by atoms with E-state index in [0.29, 0.717) is 5.76 Å². The predicted octanol–water partition coefficient (Wildman–Crippen LogP) is 2.88. The molecule has 1 unspecified atom stereocenters. The van der Waals surface area contributed by atoms with E-state index in [1.165, 1.54) is 0 Å². The zero-order chi connectivity index (χ0) is 14.2. The van der Waals surface area contributed by atoms with Crippen molar-refractivity contribution in [2.24, 2.45) is 7.05 Å². The van der Waals surface area contributed by atoms with Gasteiger partial charge in [-0.2, -0.15) is 5.10 Å². The van der Waals surface area contributed by atoms with Crippen LogP contribution in [0.2, 0.25) is 0 Å². The van der Waals surface area contributed by atoms with Crippen LogP contribution in [0.5, 0.6) is 0 Å². The number of carboxylic acids is 1. The maximum absolute atomic E-state index is 10.7. The first-order valence-corrected chi connectivity index (χ1v) is 6.22. The number of aliphatic carboxylic acids is 1. The Kier molecular flexibility index (Phi) is 3.46. The van der Waals surface area contributed by atoms with E-state index in [0.717, 1.165) is 22.7 Å². The average molecular weight is 262 g/mol. The molecule has 2 rings (SSSR count). The molecule has 5 nitrogen and oxygen atoms in total. The van der Waals surface area contributed by atoms with Crippen LogP contribution < -0.4 is 0 Å². The zero-order valence-electron chi connectivity index (χ0n) is 11.6. The fourth-order valence-electron chi connectivity index (χ4n) is 2.24. The van der Waals surface area contributed by atoms with Crippen LogP contribution in [-0.2, 0) is 11.8 Å². The minimum atomic E-state index is -0.820. The Balaban J connectivity index is 2.33. The van der Waals surface area contributed by atoms with Crippen LogP contribution in [-0.4, -0.2) is 20.9 Å².